The zero-order valence-electron chi connectivity index (χ0n) is 12.2. The first-order chi connectivity index (χ1) is 9.88. The number of aromatic carboxylic acids is 1. The summed E-state index contributed by atoms with van der Waals surface area (Å²) in [6.07, 6.45) is 0. The van der Waals surface area contributed by atoms with Crippen molar-refractivity contribution in [1.82, 2.24) is 0 Å². The summed E-state index contributed by atoms with van der Waals surface area (Å²) < 4.78 is 19.3. The predicted octanol–water partition coefficient (Wildman–Crippen LogP) is 4.03. The number of carboxylic acid groups (broad SMARTS) is 1. The lowest BCUT2D eigenvalue weighted by Gasteiger charge is -2.13. The molecule has 0 aliphatic heterocycles. The number of carboxylic acids is 1. The van der Waals surface area contributed by atoms with Crippen molar-refractivity contribution < 1.29 is 19.0 Å². The van der Waals surface area contributed by atoms with Gasteiger partial charge in [0.05, 0.1) is 5.56 Å². The van der Waals surface area contributed by atoms with Crippen LogP contribution in [-0.4, -0.2) is 11.1 Å². The number of hydrogen-bond acceptors (Lipinski definition) is 2. The number of rotatable bonds is 4. The van der Waals surface area contributed by atoms with Crippen molar-refractivity contribution in [1.29, 1.82) is 0 Å². The number of benzene rings is 2. The fourth-order valence-corrected chi connectivity index (χ4v) is 2.34. The maximum Gasteiger partial charge on any atom is 0.335 e. The average molecular weight is 288 g/mol. The molecule has 1 N–H and O–H groups in total. The van der Waals surface area contributed by atoms with E-state index >= 15 is 0 Å². The molecule has 2 aromatic carbocycles. The van der Waals surface area contributed by atoms with Crippen molar-refractivity contribution in [3.63, 3.8) is 0 Å². The second kappa shape index (κ2) is 5.95. The van der Waals surface area contributed by atoms with Crippen molar-refractivity contribution in [2.75, 3.05) is 0 Å². The van der Waals surface area contributed by atoms with Crippen LogP contribution in [-0.2, 0) is 6.61 Å². The van der Waals surface area contributed by atoms with Gasteiger partial charge in [-0.1, -0.05) is 17.7 Å². The van der Waals surface area contributed by atoms with E-state index in [4.69, 9.17) is 9.84 Å². The largest absolute Gasteiger partial charge is 0.486 e. The third kappa shape index (κ3) is 3.40. The van der Waals surface area contributed by atoms with Crippen LogP contribution in [0.15, 0.2) is 30.3 Å². The number of hydrogen-bond donors (Lipinski definition) is 1. The zero-order valence-corrected chi connectivity index (χ0v) is 12.2. The van der Waals surface area contributed by atoms with Gasteiger partial charge in [0, 0.05) is 0 Å². The van der Waals surface area contributed by atoms with Crippen LogP contribution in [0.3, 0.4) is 0 Å². The summed E-state index contributed by atoms with van der Waals surface area (Å²) in [7, 11) is 0. The Balaban J connectivity index is 2.19. The molecule has 2 aromatic rings. The molecule has 0 heterocycles. The lowest BCUT2D eigenvalue weighted by molar-refractivity contribution is 0.0696. The number of halogens is 1. The van der Waals surface area contributed by atoms with Crippen molar-refractivity contribution in [2.45, 2.75) is 27.4 Å². The Kier molecular flexibility index (Phi) is 4.26. The molecule has 0 bridgehead atoms. The van der Waals surface area contributed by atoms with E-state index in [0.717, 1.165) is 22.8 Å². The molecule has 2 rings (SSSR count). The Bertz CT molecular complexity index is 669. The molecule has 0 aromatic heterocycles. The lowest BCUT2D eigenvalue weighted by Crippen LogP contribution is -2.04. The summed E-state index contributed by atoms with van der Waals surface area (Å²) in [6, 6.07) is 7.74. The van der Waals surface area contributed by atoms with Gasteiger partial charge in [-0.3, -0.25) is 0 Å². The SMILES string of the molecule is Cc1cc(C)c(COc2ccc(C(=O)O)cc2F)c(C)c1. The van der Waals surface area contributed by atoms with Gasteiger partial charge in [0.1, 0.15) is 6.61 Å². The zero-order chi connectivity index (χ0) is 15.6. The molecule has 0 spiro atoms. The molecule has 0 aliphatic rings. The van der Waals surface area contributed by atoms with Crippen molar-refractivity contribution in [2.24, 2.45) is 0 Å². The Labute approximate surface area is 123 Å². The first kappa shape index (κ1) is 15.0. The van der Waals surface area contributed by atoms with Gasteiger partial charge < -0.3 is 9.84 Å². The summed E-state index contributed by atoms with van der Waals surface area (Å²) in [5.74, 6) is -1.78. The number of aryl methyl sites for hydroxylation is 3. The molecule has 3 nitrogen and oxygen atoms in total. The second-order valence-corrected chi connectivity index (χ2v) is 5.12. The van der Waals surface area contributed by atoms with Gasteiger partial charge in [0.15, 0.2) is 11.6 Å². The highest BCUT2D eigenvalue weighted by atomic mass is 19.1. The normalized spacial score (nSPS) is 10.5. The minimum absolute atomic E-state index is 0.0550. The molecule has 4 heteroatoms. The van der Waals surface area contributed by atoms with E-state index in [9.17, 15) is 9.18 Å². The Morgan fingerprint density at radius 3 is 2.29 bits per heavy atom. The van der Waals surface area contributed by atoms with Gasteiger partial charge >= 0.3 is 5.97 Å². The maximum absolute atomic E-state index is 13.8. The van der Waals surface area contributed by atoms with Crippen LogP contribution in [0.1, 0.15) is 32.6 Å². The van der Waals surface area contributed by atoms with Crippen LogP contribution < -0.4 is 4.74 Å². The highest BCUT2D eigenvalue weighted by Crippen LogP contribution is 2.22. The van der Waals surface area contributed by atoms with Crippen LogP contribution in [0.25, 0.3) is 0 Å². The van der Waals surface area contributed by atoms with Crippen LogP contribution in [0.2, 0.25) is 0 Å². The fraction of sp³-hybridized carbons (Fsp3) is 0.235. The second-order valence-electron chi connectivity index (χ2n) is 5.12. The van der Waals surface area contributed by atoms with E-state index in [1.54, 1.807) is 0 Å². The van der Waals surface area contributed by atoms with E-state index in [2.05, 4.69) is 12.1 Å². The Morgan fingerprint density at radius 2 is 1.76 bits per heavy atom. The molecule has 0 aliphatic carbocycles. The van der Waals surface area contributed by atoms with Crippen LogP contribution in [0, 0.1) is 26.6 Å². The summed E-state index contributed by atoms with van der Waals surface area (Å²) in [5.41, 5.74) is 4.28. The topological polar surface area (TPSA) is 46.5 Å². The first-order valence-corrected chi connectivity index (χ1v) is 6.61. The smallest absolute Gasteiger partial charge is 0.335 e. The van der Waals surface area contributed by atoms with Crippen LogP contribution in [0.5, 0.6) is 5.75 Å². The number of ether oxygens (including phenoxy) is 1. The molecule has 0 amide bonds. The van der Waals surface area contributed by atoms with E-state index in [1.807, 2.05) is 20.8 Å². The molecule has 110 valence electrons. The van der Waals surface area contributed by atoms with Gasteiger partial charge in [0.25, 0.3) is 0 Å². The summed E-state index contributed by atoms with van der Waals surface area (Å²) in [6.45, 7) is 6.25. The number of carbonyl (C=O) groups is 1. The molecule has 0 fully saturated rings. The third-order valence-corrected chi connectivity index (χ3v) is 3.39. The summed E-state index contributed by atoms with van der Waals surface area (Å²) >= 11 is 0. The van der Waals surface area contributed by atoms with Gasteiger partial charge in [-0.15, -0.1) is 0 Å². The first-order valence-electron chi connectivity index (χ1n) is 6.61. The Hall–Kier alpha value is -2.36. The van der Waals surface area contributed by atoms with Crippen molar-refractivity contribution in [3.8, 4) is 5.75 Å². The highest BCUT2D eigenvalue weighted by Gasteiger charge is 2.11. The monoisotopic (exact) mass is 288 g/mol. The molecule has 21 heavy (non-hydrogen) atoms. The van der Waals surface area contributed by atoms with E-state index in [0.29, 0.717) is 0 Å². The van der Waals surface area contributed by atoms with E-state index in [1.165, 1.54) is 17.7 Å². The molecular weight excluding hydrogens is 271 g/mol. The van der Waals surface area contributed by atoms with Gasteiger partial charge in [-0.05, 0) is 55.7 Å². The summed E-state index contributed by atoms with van der Waals surface area (Å²) in [5, 5.41) is 8.80. The molecule has 0 radical (unpaired) electrons. The highest BCUT2D eigenvalue weighted by molar-refractivity contribution is 5.87. The molecule has 0 saturated carbocycles. The Morgan fingerprint density at radius 1 is 1.14 bits per heavy atom. The van der Waals surface area contributed by atoms with Crippen molar-refractivity contribution >= 4 is 5.97 Å². The van der Waals surface area contributed by atoms with Crippen LogP contribution in [0.4, 0.5) is 4.39 Å². The predicted molar refractivity (Wildman–Crippen MR) is 78.3 cm³/mol. The minimum Gasteiger partial charge on any atom is -0.486 e. The fourth-order valence-electron chi connectivity index (χ4n) is 2.34. The lowest BCUT2D eigenvalue weighted by atomic mass is 10.0. The molecular formula is C17H17FO3. The standard InChI is InChI=1S/C17H17FO3/c1-10-6-11(2)14(12(3)7-10)9-21-16-5-4-13(17(19)20)8-15(16)18/h4-8H,9H2,1-3H3,(H,19,20). The van der Waals surface area contributed by atoms with Gasteiger partial charge in [-0.2, -0.15) is 0 Å². The maximum atomic E-state index is 13.8. The quantitative estimate of drug-likeness (QED) is 0.924. The van der Waals surface area contributed by atoms with E-state index in [-0.39, 0.29) is 17.9 Å². The van der Waals surface area contributed by atoms with E-state index < -0.39 is 11.8 Å². The molecule has 0 atom stereocenters. The average Bonchev–Trinajstić information content (AvgIpc) is 2.38. The van der Waals surface area contributed by atoms with Crippen molar-refractivity contribution in [3.05, 3.63) is 64.0 Å². The molecule has 0 saturated heterocycles. The third-order valence-electron chi connectivity index (χ3n) is 3.39. The summed E-state index contributed by atoms with van der Waals surface area (Å²) in [4.78, 5) is 10.8. The molecule has 0 unspecified atom stereocenters. The van der Waals surface area contributed by atoms with Gasteiger partial charge in [0.2, 0.25) is 0 Å². The van der Waals surface area contributed by atoms with Crippen LogP contribution >= 0.6 is 0 Å². The van der Waals surface area contributed by atoms with Gasteiger partial charge in [-0.25, -0.2) is 9.18 Å². The minimum atomic E-state index is -1.16.